The van der Waals surface area contributed by atoms with Crippen molar-refractivity contribution in [3.8, 4) is 17.1 Å². The monoisotopic (exact) mass is 472 g/mol. The number of esters is 1. The SMILES string of the molecule is COc1ccc(-c2noc(COC(=O)c3c(C)nn(Cc4ccccc4Cl)c3Cl)n2)cc1. The van der Waals surface area contributed by atoms with Crippen LogP contribution in [0, 0.1) is 6.92 Å². The molecule has 0 aliphatic carbocycles. The van der Waals surface area contributed by atoms with E-state index in [-0.39, 0.29) is 23.2 Å². The maximum Gasteiger partial charge on any atom is 0.343 e. The highest BCUT2D eigenvalue weighted by atomic mass is 35.5. The molecule has 0 saturated carbocycles. The first-order valence-corrected chi connectivity index (χ1v) is 10.3. The van der Waals surface area contributed by atoms with Crippen LogP contribution in [0.5, 0.6) is 5.75 Å². The zero-order valence-electron chi connectivity index (χ0n) is 17.2. The largest absolute Gasteiger partial charge is 0.497 e. The molecule has 8 nitrogen and oxygen atoms in total. The van der Waals surface area contributed by atoms with E-state index in [9.17, 15) is 4.79 Å². The van der Waals surface area contributed by atoms with E-state index in [2.05, 4.69) is 15.2 Å². The Bertz CT molecular complexity index is 1250. The standard InChI is InChI=1S/C22H18Cl2N4O4/c1-13-19(20(24)28(26-13)11-15-5-3-4-6-17(15)23)22(29)31-12-18-25-21(27-32-18)14-7-9-16(30-2)10-8-14/h3-10H,11-12H2,1-2H3. The highest BCUT2D eigenvalue weighted by molar-refractivity contribution is 6.33. The maximum atomic E-state index is 12.6. The van der Waals surface area contributed by atoms with Crippen LogP contribution < -0.4 is 4.74 Å². The number of nitrogens with zero attached hydrogens (tertiary/aromatic N) is 4. The van der Waals surface area contributed by atoms with Gasteiger partial charge in [-0.25, -0.2) is 9.48 Å². The molecule has 0 fully saturated rings. The van der Waals surface area contributed by atoms with Gasteiger partial charge in [0.05, 0.1) is 19.3 Å². The van der Waals surface area contributed by atoms with Crippen LogP contribution in [0.25, 0.3) is 11.4 Å². The Morgan fingerprint density at radius 2 is 1.88 bits per heavy atom. The molecule has 0 atom stereocenters. The Kier molecular flexibility index (Phi) is 6.43. The minimum absolute atomic E-state index is 0.154. The van der Waals surface area contributed by atoms with Crippen LogP contribution in [0.15, 0.2) is 53.1 Å². The normalized spacial score (nSPS) is 10.9. The molecule has 0 aliphatic heterocycles. The predicted octanol–water partition coefficient (Wildman–Crippen LogP) is 4.96. The zero-order valence-corrected chi connectivity index (χ0v) is 18.7. The van der Waals surface area contributed by atoms with E-state index in [4.69, 9.17) is 37.2 Å². The molecule has 164 valence electrons. The van der Waals surface area contributed by atoms with Gasteiger partial charge in [-0.15, -0.1) is 0 Å². The van der Waals surface area contributed by atoms with Crippen LogP contribution in [0.3, 0.4) is 0 Å². The molecule has 2 heterocycles. The minimum Gasteiger partial charge on any atom is -0.497 e. The molecule has 4 aromatic rings. The summed E-state index contributed by atoms with van der Waals surface area (Å²) in [6, 6.07) is 14.5. The lowest BCUT2D eigenvalue weighted by Gasteiger charge is -2.06. The van der Waals surface area contributed by atoms with Gasteiger partial charge in [-0.3, -0.25) is 0 Å². The summed E-state index contributed by atoms with van der Waals surface area (Å²) in [6.45, 7) is 1.80. The average Bonchev–Trinajstić information content (AvgIpc) is 3.38. The number of rotatable bonds is 7. The zero-order chi connectivity index (χ0) is 22.7. The summed E-state index contributed by atoms with van der Waals surface area (Å²) in [7, 11) is 1.59. The molecule has 0 bridgehead atoms. The number of hydrogen-bond donors (Lipinski definition) is 0. The Hall–Kier alpha value is -3.36. The van der Waals surface area contributed by atoms with Crippen molar-refractivity contribution in [3.63, 3.8) is 0 Å². The van der Waals surface area contributed by atoms with Crippen LogP contribution in [-0.2, 0) is 17.9 Å². The van der Waals surface area contributed by atoms with E-state index in [1.54, 1.807) is 44.4 Å². The summed E-state index contributed by atoms with van der Waals surface area (Å²) in [5.41, 5.74) is 2.19. The number of benzene rings is 2. The van der Waals surface area contributed by atoms with Crippen LogP contribution in [0.2, 0.25) is 10.2 Å². The average molecular weight is 473 g/mol. The van der Waals surface area contributed by atoms with Crippen LogP contribution in [0.1, 0.15) is 27.5 Å². The molecule has 10 heteroatoms. The molecule has 0 amide bonds. The number of carbonyl (C=O) groups excluding carboxylic acids is 1. The van der Waals surface area contributed by atoms with E-state index in [1.165, 1.54) is 4.68 Å². The molecule has 32 heavy (non-hydrogen) atoms. The highest BCUT2D eigenvalue weighted by Gasteiger charge is 2.23. The first-order chi connectivity index (χ1) is 15.5. The number of halogens is 2. The lowest BCUT2D eigenvalue weighted by molar-refractivity contribution is 0.0429. The van der Waals surface area contributed by atoms with Gasteiger partial charge < -0.3 is 14.0 Å². The van der Waals surface area contributed by atoms with Crippen molar-refractivity contribution >= 4 is 29.2 Å². The quantitative estimate of drug-likeness (QED) is 0.350. The third-order valence-corrected chi connectivity index (χ3v) is 5.44. The number of ether oxygens (including phenoxy) is 2. The van der Waals surface area contributed by atoms with E-state index < -0.39 is 5.97 Å². The molecule has 0 saturated heterocycles. The Balaban J connectivity index is 1.44. The van der Waals surface area contributed by atoms with Crippen molar-refractivity contribution in [2.45, 2.75) is 20.1 Å². The second kappa shape index (κ2) is 9.42. The van der Waals surface area contributed by atoms with Crippen LogP contribution in [0.4, 0.5) is 0 Å². The first kappa shape index (κ1) is 21.9. The number of hydrogen-bond acceptors (Lipinski definition) is 7. The van der Waals surface area contributed by atoms with Gasteiger partial charge in [0.15, 0.2) is 6.61 Å². The first-order valence-electron chi connectivity index (χ1n) is 9.56. The van der Waals surface area contributed by atoms with Gasteiger partial charge in [0, 0.05) is 10.6 Å². The van der Waals surface area contributed by atoms with E-state index >= 15 is 0 Å². The van der Waals surface area contributed by atoms with Gasteiger partial charge in [0.2, 0.25) is 5.82 Å². The van der Waals surface area contributed by atoms with Crippen molar-refractivity contribution in [2.24, 2.45) is 0 Å². The smallest absolute Gasteiger partial charge is 0.343 e. The minimum atomic E-state index is -0.637. The summed E-state index contributed by atoms with van der Waals surface area (Å²) < 4.78 is 17.1. The van der Waals surface area contributed by atoms with Gasteiger partial charge in [-0.1, -0.05) is 46.6 Å². The maximum absolute atomic E-state index is 12.6. The van der Waals surface area contributed by atoms with E-state index in [0.717, 1.165) is 11.1 Å². The summed E-state index contributed by atoms with van der Waals surface area (Å²) in [6.07, 6.45) is 0. The third kappa shape index (κ3) is 4.61. The topological polar surface area (TPSA) is 92.3 Å². The Morgan fingerprint density at radius 1 is 1.12 bits per heavy atom. The second-order valence-electron chi connectivity index (χ2n) is 6.82. The van der Waals surface area contributed by atoms with Gasteiger partial charge in [0.1, 0.15) is 16.5 Å². The second-order valence-corrected chi connectivity index (χ2v) is 7.58. The summed E-state index contributed by atoms with van der Waals surface area (Å²) in [4.78, 5) is 16.9. The molecular weight excluding hydrogens is 455 g/mol. The molecule has 0 unspecified atom stereocenters. The lowest BCUT2D eigenvalue weighted by atomic mass is 10.2. The molecular formula is C22H18Cl2N4O4. The fraction of sp³-hybridized carbons (Fsp3) is 0.182. The van der Waals surface area contributed by atoms with Crippen LogP contribution in [-0.4, -0.2) is 33.0 Å². The summed E-state index contributed by atoms with van der Waals surface area (Å²) >= 11 is 12.6. The van der Waals surface area contributed by atoms with Crippen molar-refractivity contribution in [1.82, 2.24) is 19.9 Å². The Labute approximate surface area is 193 Å². The van der Waals surface area contributed by atoms with Crippen molar-refractivity contribution in [1.29, 1.82) is 0 Å². The molecule has 0 spiro atoms. The highest BCUT2D eigenvalue weighted by Crippen LogP contribution is 2.25. The summed E-state index contributed by atoms with van der Waals surface area (Å²) in [5, 5.41) is 9.01. The summed E-state index contributed by atoms with van der Waals surface area (Å²) in [5.74, 6) is 0.609. The molecule has 4 rings (SSSR count). The van der Waals surface area contributed by atoms with Gasteiger partial charge in [-0.2, -0.15) is 10.1 Å². The van der Waals surface area contributed by atoms with E-state index in [1.807, 2.05) is 18.2 Å². The fourth-order valence-corrected chi connectivity index (χ4v) is 3.56. The van der Waals surface area contributed by atoms with Crippen molar-refractivity contribution < 1.29 is 18.8 Å². The molecule has 0 N–H and O–H groups in total. The number of aromatic nitrogens is 4. The predicted molar refractivity (Wildman–Crippen MR) is 118 cm³/mol. The molecule has 2 aromatic carbocycles. The molecule has 0 aliphatic rings. The lowest BCUT2D eigenvalue weighted by Crippen LogP contribution is -2.07. The van der Waals surface area contributed by atoms with Gasteiger partial charge in [0.25, 0.3) is 5.89 Å². The number of methoxy groups -OCH3 is 1. The number of carbonyl (C=O) groups is 1. The number of aryl methyl sites for hydroxylation is 1. The molecule has 0 radical (unpaired) electrons. The fourth-order valence-electron chi connectivity index (χ4n) is 3.05. The van der Waals surface area contributed by atoms with Gasteiger partial charge in [-0.05, 0) is 42.8 Å². The van der Waals surface area contributed by atoms with Crippen LogP contribution >= 0.6 is 23.2 Å². The van der Waals surface area contributed by atoms with Crippen molar-refractivity contribution in [2.75, 3.05) is 7.11 Å². The van der Waals surface area contributed by atoms with E-state index in [0.29, 0.717) is 28.8 Å². The Morgan fingerprint density at radius 3 is 2.59 bits per heavy atom. The van der Waals surface area contributed by atoms with Gasteiger partial charge >= 0.3 is 5.97 Å². The van der Waals surface area contributed by atoms with Crippen molar-refractivity contribution in [3.05, 3.63) is 81.4 Å². The molecule has 2 aromatic heterocycles. The third-order valence-electron chi connectivity index (χ3n) is 4.69.